The molecule has 0 aliphatic heterocycles. The molecular weight excluding hydrogens is 342 g/mol. The van der Waals surface area contributed by atoms with Crippen molar-refractivity contribution < 1.29 is 23.4 Å². The summed E-state index contributed by atoms with van der Waals surface area (Å²) in [6, 6.07) is 4.42. The Morgan fingerprint density at radius 2 is 2.12 bits per heavy atom. The lowest BCUT2D eigenvalue weighted by molar-refractivity contribution is -0.122. The van der Waals surface area contributed by atoms with Gasteiger partial charge in [0.15, 0.2) is 0 Å². The highest BCUT2D eigenvalue weighted by molar-refractivity contribution is 5.79. The van der Waals surface area contributed by atoms with Crippen molar-refractivity contribution in [2.45, 2.75) is 31.4 Å². The van der Waals surface area contributed by atoms with E-state index in [4.69, 9.17) is 4.74 Å². The van der Waals surface area contributed by atoms with Gasteiger partial charge in [-0.1, -0.05) is 0 Å². The molecule has 1 aliphatic carbocycles. The fourth-order valence-electron chi connectivity index (χ4n) is 3.17. The lowest BCUT2D eigenvalue weighted by Gasteiger charge is -2.38. The summed E-state index contributed by atoms with van der Waals surface area (Å²) in [4.78, 5) is 16.5. The monoisotopic (exact) mass is 362 g/mol. The zero-order chi connectivity index (χ0) is 18.7. The minimum atomic E-state index is -0.625. The molecule has 1 saturated carbocycles. The summed E-state index contributed by atoms with van der Waals surface area (Å²) in [7, 11) is 1.52. The fraction of sp³-hybridized carbons (Fsp3) is 0.368. The van der Waals surface area contributed by atoms with E-state index in [0.717, 1.165) is 23.8 Å². The van der Waals surface area contributed by atoms with Gasteiger partial charge in [0.2, 0.25) is 5.91 Å². The zero-order valence-corrected chi connectivity index (χ0v) is 14.3. The number of pyridine rings is 1. The minimum absolute atomic E-state index is 0.00124. The Labute approximate surface area is 150 Å². The molecule has 2 N–H and O–H groups in total. The fourth-order valence-corrected chi connectivity index (χ4v) is 3.17. The summed E-state index contributed by atoms with van der Waals surface area (Å²) in [5.41, 5.74) is 0.743. The zero-order valence-electron chi connectivity index (χ0n) is 14.3. The summed E-state index contributed by atoms with van der Waals surface area (Å²) in [5, 5.41) is 12.5. The number of carbonyl (C=O) groups excluding carboxylic acids is 1. The van der Waals surface area contributed by atoms with Crippen LogP contribution in [0.4, 0.5) is 8.78 Å². The predicted octanol–water partition coefficient (Wildman–Crippen LogP) is 2.54. The smallest absolute Gasteiger partial charge is 0.225 e. The molecule has 1 aliphatic rings. The van der Waals surface area contributed by atoms with Crippen molar-refractivity contribution >= 4 is 5.91 Å². The molecule has 1 aromatic carbocycles. The van der Waals surface area contributed by atoms with E-state index >= 15 is 0 Å². The number of methoxy groups -OCH3 is 1. The number of nitrogens with one attached hydrogen (secondary N) is 1. The molecular formula is C19H20F2N2O3. The van der Waals surface area contributed by atoms with Gasteiger partial charge in [-0.2, -0.15) is 0 Å². The summed E-state index contributed by atoms with van der Waals surface area (Å²) in [5.74, 6) is -1.05. The van der Waals surface area contributed by atoms with Gasteiger partial charge in [0.1, 0.15) is 17.4 Å². The standard InChI is InChI=1S/C19H20F2N2O3/c1-26-16-7-13(9-22-10-16)19(12-5-15(24)6-12)23-18(25)8-11-4-14(20)2-3-17(11)21/h2-4,7,9-10,12,15,19,24H,5-6,8H2,1H3,(H,23,25). The largest absolute Gasteiger partial charge is 0.495 e. The third-order valence-electron chi connectivity index (χ3n) is 4.63. The number of aromatic nitrogens is 1. The number of halogens is 2. The van der Waals surface area contributed by atoms with Crippen LogP contribution in [0.2, 0.25) is 0 Å². The number of carbonyl (C=O) groups is 1. The molecule has 3 rings (SSSR count). The van der Waals surface area contributed by atoms with Crippen LogP contribution >= 0.6 is 0 Å². The molecule has 138 valence electrons. The molecule has 1 atom stereocenters. The summed E-state index contributed by atoms with van der Waals surface area (Å²) in [6.07, 6.45) is 3.62. The number of hydrogen-bond acceptors (Lipinski definition) is 4. The first-order chi connectivity index (χ1) is 12.5. The summed E-state index contributed by atoms with van der Waals surface area (Å²) < 4.78 is 32.2. The first-order valence-corrected chi connectivity index (χ1v) is 8.36. The highest BCUT2D eigenvalue weighted by Crippen LogP contribution is 2.38. The molecule has 0 bridgehead atoms. The van der Waals surface area contributed by atoms with Crippen LogP contribution in [0.5, 0.6) is 5.75 Å². The van der Waals surface area contributed by atoms with Gasteiger partial charge in [0, 0.05) is 11.8 Å². The minimum Gasteiger partial charge on any atom is -0.495 e. The van der Waals surface area contributed by atoms with E-state index in [-0.39, 0.29) is 23.9 Å². The van der Waals surface area contributed by atoms with Crippen molar-refractivity contribution in [3.63, 3.8) is 0 Å². The van der Waals surface area contributed by atoms with Gasteiger partial charge in [0.25, 0.3) is 0 Å². The molecule has 0 spiro atoms. The molecule has 0 radical (unpaired) electrons. The van der Waals surface area contributed by atoms with Gasteiger partial charge in [0.05, 0.1) is 31.9 Å². The third-order valence-corrected chi connectivity index (χ3v) is 4.63. The molecule has 7 heteroatoms. The number of rotatable bonds is 6. The predicted molar refractivity (Wildman–Crippen MR) is 90.5 cm³/mol. The topological polar surface area (TPSA) is 71.5 Å². The van der Waals surface area contributed by atoms with Crippen molar-refractivity contribution in [2.75, 3.05) is 7.11 Å². The van der Waals surface area contributed by atoms with Crippen molar-refractivity contribution in [2.24, 2.45) is 5.92 Å². The lowest BCUT2D eigenvalue weighted by Crippen LogP contribution is -2.42. The molecule has 26 heavy (non-hydrogen) atoms. The van der Waals surface area contributed by atoms with Crippen LogP contribution in [-0.4, -0.2) is 29.2 Å². The van der Waals surface area contributed by atoms with Crippen molar-refractivity contribution in [1.82, 2.24) is 10.3 Å². The number of nitrogens with zero attached hydrogens (tertiary/aromatic N) is 1. The van der Waals surface area contributed by atoms with E-state index < -0.39 is 23.6 Å². The summed E-state index contributed by atoms with van der Waals surface area (Å²) in [6.45, 7) is 0. The second-order valence-corrected chi connectivity index (χ2v) is 6.50. The second kappa shape index (κ2) is 7.78. The number of ether oxygens (including phenoxy) is 1. The number of aliphatic hydroxyl groups is 1. The average molecular weight is 362 g/mol. The first-order valence-electron chi connectivity index (χ1n) is 8.36. The highest BCUT2D eigenvalue weighted by Gasteiger charge is 2.36. The highest BCUT2D eigenvalue weighted by atomic mass is 19.1. The van der Waals surface area contributed by atoms with Crippen LogP contribution in [0, 0.1) is 17.6 Å². The molecule has 1 aromatic heterocycles. The maximum atomic E-state index is 13.8. The van der Waals surface area contributed by atoms with Crippen LogP contribution < -0.4 is 10.1 Å². The number of benzene rings is 1. The Bertz CT molecular complexity index is 794. The van der Waals surface area contributed by atoms with Gasteiger partial charge < -0.3 is 15.2 Å². The van der Waals surface area contributed by atoms with Gasteiger partial charge in [-0.3, -0.25) is 9.78 Å². The quantitative estimate of drug-likeness (QED) is 0.828. The van der Waals surface area contributed by atoms with Crippen molar-refractivity contribution in [3.05, 3.63) is 59.4 Å². The van der Waals surface area contributed by atoms with Crippen LogP contribution in [0.25, 0.3) is 0 Å². The normalized spacial score (nSPS) is 20.2. The van der Waals surface area contributed by atoms with E-state index in [0.29, 0.717) is 18.6 Å². The van der Waals surface area contributed by atoms with E-state index in [1.54, 1.807) is 18.5 Å². The van der Waals surface area contributed by atoms with E-state index in [9.17, 15) is 18.7 Å². The molecule has 2 aromatic rings. The number of aliphatic hydroxyl groups excluding tert-OH is 1. The molecule has 0 saturated heterocycles. The number of amides is 1. The Morgan fingerprint density at radius 3 is 2.81 bits per heavy atom. The van der Waals surface area contributed by atoms with E-state index in [1.807, 2.05) is 0 Å². The lowest BCUT2D eigenvalue weighted by atomic mass is 9.75. The van der Waals surface area contributed by atoms with Crippen molar-refractivity contribution in [1.29, 1.82) is 0 Å². The van der Waals surface area contributed by atoms with Crippen LogP contribution in [0.1, 0.15) is 30.0 Å². The molecule has 1 fully saturated rings. The molecule has 1 heterocycles. The Kier molecular flexibility index (Phi) is 5.46. The Balaban J connectivity index is 1.77. The van der Waals surface area contributed by atoms with Gasteiger partial charge in [-0.15, -0.1) is 0 Å². The molecule has 5 nitrogen and oxygen atoms in total. The van der Waals surface area contributed by atoms with Crippen molar-refractivity contribution in [3.8, 4) is 5.75 Å². The second-order valence-electron chi connectivity index (χ2n) is 6.50. The summed E-state index contributed by atoms with van der Waals surface area (Å²) >= 11 is 0. The average Bonchev–Trinajstić information content (AvgIpc) is 2.60. The maximum absolute atomic E-state index is 13.8. The van der Waals surface area contributed by atoms with Gasteiger partial charge in [-0.25, -0.2) is 8.78 Å². The van der Waals surface area contributed by atoms with Gasteiger partial charge in [-0.05, 0) is 48.6 Å². The van der Waals surface area contributed by atoms with E-state index in [1.165, 1.54) is 7.11 Å². The van der Waals surface area contributed by atoms with Crippen LogP contribution in [0.3, 0.4) is 0 Å². The van der Waals surface area contributed by atoms with Gasteiger partial charge >= 0.3 is 0 Å². The SMILES string of the molecule is COc1cncc(C(NC(=O)Cc2cc(F)ccc2F)C2CC(O)C2)c1. The van der Waals surface area contributed by atoms with E-state index in [2.05, 4.69) is 10.3 Å². The first kappa shape index (κ1) is 18.3. The van der Waals surface area contributed by atoms with Crippen LogP contribution in [0.15, 0.2) is 36.7 Å². The van der Waals surface area contributed by atoms with Crippen LogP contribution in [-0.2, 0) is 11.2 Å². The Hall–Kier alpha value is -2.54. The molecule has 1 unspecified atom stereocenters. The molecule has 1 amide bonds. The maximum Gasteiger partial charge on any atom is 0.225 e. The Morgan fingerprint density at radius 1 is 1.35 bits per heavy atom. The third kappa shape index (κ3) is 4.16. The number of hydrogen-bond donors (Lipinski definition) is 2.